The molecule has 1 atom stereocenters. The minimum atomic E-state index is -0.514. The lowest BCUT2D eigenvalue weighted by molar-refractivity contribution is -0.115. The highest BCUT2D eigenvalue weighted by atomic mass is 32.2. The zero-order valence-corrected chi connectivity index (χ0v) is 15.6. The van der Waals surface area contributed by atoms with Crippen molar-refractivity contribution in [1.82, 2.24) is 20.2 Å². The first-order chi connectivity index (χ1) is 13.0. The molecule has 0 spiro atoms. The van der Waals surface area contributed by atoms with E-state index in [0.29, 0.717) is 16.4 Å². The number of para-hydroxylation sites is 1. The van der Waals surface area contributed by atoms with Gasteiger partial charge in [-0.25, -0.2) is 0 Å². The van der Waals surface area contributed by atoms with E-state index < -0.39 is 11.2 Å². The number of aromatic nitrogens is 4. The predicted octanol–water partition coefficient (Wildman–Crippen LogP) is 2.19. The molecule has 0 saturated carbocycles. The second-order valence-corrected chi connectivity index (χ2v) is 7.16. The summed E-state index contributed by atoms with van der Waals surface area (Å²) in [4.78, 5) is 23.6. The van der Waals surface area contributed by atoms with Crippen molar-refractivity contribution in [3.05, 3.63) is 59.7 Å². The maximum atomic E-state index is 12.5. The molecule has 2 aromatic carbocycles. The highest BCUT2D eigenvalue weighted by Gasteiger charge is 2.20. The Hall–Kier alpha value is -3.20. The standard InChI is InChI=1S/C18H18N6O2S/c1-11-5-3-4-6-15(11)24-18(21-22-23-24)27-12(2)17(26)20-14-9-7-13(8-10-14)16(19)25/h3-10,12H,1-2H3,(H2,19,25)(H,20,26)/t12-/m1/s1. The number of tetrazole rings is 1. The molecule has 0 aliphatic rings. The molecule has 0 bridgehead atoms. The zero-order valence-electron chi connectivity index (χ0n) is 14.8. The summed E-state index contributed by atoms with van der Waals surface area (Å²) in [5.74, 6) is -0.717. The van der Waals surface area contributed by atoms with E-state index in [1.165, 1.54) is 11.8 Å². The van der Waals surface area contributed by atoms with Crippen LogP contribution in [0.3, 0.4) is 0 Å². The first-order valence-electron chi connectivity index (χ1n) is 8.17. The van der Waals surface area contributed by atoms with Gasteiger partial charge in [-0.2, -0.15) is 4.68 Å². The third-order valence-electron chi connectivity index (χ3n) is 3.87. The number of nitrogens with two attached hydrogens (primary N) is 1. The predicted molar refractivity (Wildman–Crippen MR) is 103 cm³/mol. The third-order valence-corrected chi connectivity index (χ3v) is 4.91. The molecular formula is C18H18N6O2S. The summed E-state index contributed by atoms with van der Waals surface area (Å²) in [6.07, 6.45) is 0. The van der Waals surface area contributed by atoms with Crippen LogP contribution >= 0.6 is 11.8 Å². The topological polar surface area (TPSA) is 116 Å². The molecule has 1 heterocycles. The number of nitrogens with one attached hydrogen (secondary N) is 1. The van der Waals surface area contributed by atoms with Crippen molar-refractivity contribution in [2.75, 3.05) is 5.32 Å². The molecule has 8 nitrogen and oxygen atoms in total. The highest BCUT2D eigenvalue weighted by molar-refractivity contribution is 8.00. The van der Waals surface area contributed by atoms with Gasteiger partial charge < -0.3 is 11.1 Å². The molecule has 27 heavy (non-hydrogen) atoms. The summed E-state index contributed by atoms with van der Waals surface area (Å²) < 4.78 is 1.62. The maximum Gasteiger partial charge on any atom is 0.248 e. The van der Waals surface area contributed by atoms with Gasteiger partial charge in [0, 0.05) is 11.3 Å². The number of carbonyl (C=O) groups excluding carboxylic acids is 2. The number of nitrogens with zero attached hydrogens (tertiary/aromatic N) is 4. The number of carbonyl (C=O) groups is 2. The van der Waals surface area contributed by atoms with Gasteiger partial charge in [-0.3, -0.25) is 9.59 Å². The Kier molecular flexibility index (Phi) is 5.51. The van der Waals surface area contributed by atoms with Crippen LogP contribution in [0.25, 0.3) is 5.69 Å². The fraction of sp³-hybridized carbons (Fsp3) is 0.167. The van der Waals surface area contributed by atoms with Crippen LogP contribution in [0.2, 0.25) is 0 Å². The molecule has 0 radical (unpaired) electrons. The quantitative estimate of drug-likeness (QED) is 0.631. The smallest absolute Gasteiger partial charge is 0.248 e. The van der Waals surface area contributed by atoms with Gasteiger partial charge >= 0.3 is 0 Å². The van der Waals surface area contributed by atoms with E-state index in [9.17, 15) is 9.59 Å². The molecule has 0 aliphatic carbocycles. The minimum Gasteiger partial charge on any atom is -0.366 e. The fourth-order valence-corrected chi connectivity index (χ4v) is 3.18. The van der Waals surface area contributed by atoms with Gasteiger partial charge in [0.25, 0.3) is 0 Å². The number of hydrogen-bond acceptors (Lipinski definition) is 6. The van der Waals surface area contributed by atoms with Crippen molar-refractivity contribution < 1.29 is 9.59 Å². The normalized spacial score (nSPS) is 11.8. The van der Waals surface area contributed by atoms with Crippen molar-refractivity contribution >= 4 is 29.3 Å². The van der Waals surface area contributed by atoms with Crippen LogP contribution in [0, 0.1) is 6.92 Å². The summed E-state index contributed by atoms with van der Waals surface area (Å²) >= 11 is 1.26. The molecule has 138 valence electrons. The van der Waals surface area contributed by atoms with Gasteiger partial charge in [-0.15, -0.1) is 5.10 Å². The largest absolute Gasteiger partial charge is 0.366 e. The molecule has 3 N–H and O–H groups in total. The highest BCUT2D eigenvalue weighted by Crippen LogP contribution is 2.25. The van der Waals surface area contributed by atoms with Crippen LogP contribution < -0.4 is 11.1 Å². The van der Waals surface area contributed by atoms with Crippen LogP contribution in [-0.2, 0) is 4.79 Å². The Balaban J connectivity index is 1.70. The van der Waals surface area contributed by atoms with Gasteiger partial charge in [-0.1, -0.05) is 30.0 Å². The number of thioether (sulfide) groups is 1. The van der Waals surface area contributed by atoms with Gasteiger partial charge in [0.05, 0.1) is 10.9 Å². The summed E-state index contributed by atoms with van der Waals surface area (Å²) in [5.41, 5.74) is 8.06. The Morgan fingerprint density at radius 2 is 1.85 bits per heavy atom. The average molecular weight is 382 g/mol. The summed E-state index contributed by atoms with van der Waals surface area (Å²) in [5, 5.41) is 14.7. The number of benzene rings is 2. The lowest BCUT2D eigenvalue weighted by atomic mass is 10.2. The summed E-state index contributed by atoms with van der Waals surface area (Å²) in [6, 6.07) is 14.1. The SMILES string of the molecule is Cc1ccccc1-n1nnnc1S[C@H](C)C(=O)Nc1ccc(C(N)=O)cc1. The minimum absolute atomic E-state index is 0.203. The van der Waals surface area contributed by atoms with E-state index in [4.69, 9.17) is 5.73 Å². The van der Waals surface area contributed by atoms with Crippen molar-refractivity contribution in [2.45, 2.75) is 24.3 Å². The second-order valence-electron chi connectivity index (χ2n) is 5.85. The third kappa shape index (κ3) is 4.32. The van der Waals surface area contributed by atoms with Crippen molar-refractivity contribution in [3.63, 3.8) is 0 Å². The van der Waals surface area contributed by atoms with E-state index in [1.54, 1.807) is 35.9 Å². The van der Waals surface area contributed by atoms with Crippen LogP contribution in [0.5, 0.6) is 0 Å². The molecular weight excluding hydrogens is 364 g/mol. The Labute approximate surface area is 160 Å². The van der Waals surface area contributed by atoms with Gasteiger partial charge in [0.2, 0.25) is 17.0 Å². The van der Waals surface area contributed by atoms with Crippen LogP contribution in [0.1, 0.15) is 22.8 Å². The Morgan fingerprint density at radius 3 is 2.52 bits per heavy atom. The van der Waals surface area contributed by atoms with Crippen molar-refractivity contribution in [1.29, 1.82) is 0 Å². The lowest BCUT2D eigenvalue weighted by Gasteiger charge is -2.12. The molecule has 0 aliphatic heterocycles. The molecule has 1 aromatic heterocycles. The number of rotatable bonds is 6. The molecule has 0 saturated heterocycles. The molecule has 0 fully saturated rings. The molecule has 9 heteroatoms. The second kappa shape index (κ2) is 8.00. The fourth-order valence-electron chi connectivity index (χ4n) is 2.38. The summed E-state index contributed by atoms with van der Waals surface area (Å²) in [7, 11) is 0. The van der Waals surface area contributed by atoms with E-state index in [0.717, 1.165) is 11.3 Å². The van der Waals surface area contributed by atoms with Gasteiger partial charge in [0.15, 0.2) is 0 Å². The molecule has 2 amide bonds. The number of primary amides is 1. The Morgan fingerprint density at radius 1 is 1.15 bits per heavy atom. The van der Waals surface area contributed by atoms with E-state index in [1.807, 2.05) is 31.2 Å². The number of aryl methyl sites for hydroxylation is 1. The van der Waals surface area contributed by atoms with Crippen LogP contribution in [-0.4, -0.2) is 37.3 Å². The Bertz CT molecular complexity index is 970. The molecule has 0 unspecified atom stereocenters. The number of hydrogen-bond donors (Lipinski definition) is 2. The van der Waals surface area contributed by atoms with Crippen LogP contribution in [0.4, 0.5) is 5.69 Å². The van der Waals surface area contributed by atoms with E-state index in [-0.39, 0.29) is 5.91 Å². The molecule has 3 rings (SSSR count). The zero-order chi connectivity index (χ0) is 19.4. The van der Waals surface area contributed by atoms with Gasteiger partial charge in [0.1, 0.15) is 0 Å². The first kappa shape index (κ1) is 18.6. The number of amides is 2. The maximum absolute atomic E-state index is 12.5. The summed E-state index contributed by atoms with van der Waals surface area (Å²) in [6.45, 7) is 3.74. The first-order valence-corrected chi connectivity index (χ1v) is 9.05. The lowest BCUT2D eigenvalue weighted by Crippen LogP contribution is -2.23. The van der Waals surface area contributed by atoms with Crippen molar-refractivity contribution in [2.24, 2.45) is 5.73 Å². The van der Waals surface area contributed by atoms with E-state index >= 15 is 0 Å². The van der Waals surface area contributed by atoms with E-state index in [2.05, 4.69) is 20.8 Å². The monoisotopic (exact) mass is 382 g/mol. The number of anilines is 1. The van der Waals surface area contributed by atoms with Gasteiger partial charge in [-0.05, 0) is 60.2 Å². The average Bonchev–Trinajstić information content (AvgIpc) is 3.10. The molecule has 3 aromatic rings. The van der Waals surface area contributed by atoms with Crippen LogP contribution in [0.15, 0.2) is 53.7 Å². The van der Waals surface area contributed by atoms with Crippen molar-refractivity contribution in [3.8, 4) is 5.69 Å².